The van der Waals surface area contributed by atoms with Gasteiger partial charge < -0.3 is 14.4 Å². The van der Waals surface area contributed by atoms with Crippen molar-refractivity contribution in [3.05, 3.63) is 34.2 Å². The number of rotatable bonds is 6. The Morgan fingerprint density at radius 1 is 1.38 bits per heavy atom. The molecule has 0 aromatic carbocycles. The summed E-state index contributed by atoms with van der Waals surface area (Å²) in [5, 5.41) is 8.58. The van der Waals surface area contributed by atoms with Crippen LogP contribution in [0, 0.1) is 17.2 Å². The van der Waals surface area contributed by atoms with Crippen LogP contribution in [-0.2, 0) is 16.1 Å². The SMILES string of the molecule is CN(CCC#N)C(=O)CC(=O)C[NH+]1C[C@@H]2C[C@H](C1)c1cccc(=O)n1C2. The maximum Gasteiger partial charge on any atom is 0.250 e. The second-order valence-electron chi connectivity index (χ2n) is 7.47. The zero-order chi connectivity index (χ0) is 18.7. The van der Waals surface area contributed by atoms with E-state index in [2.05, 4.69) is 0 Å². The van der Waals surface area contributed by atoms with E-state index in [9.17, 15) is 14.4 Å². The molecule has 1 fully saturated rings. The van der Waals surface area contributed by atoms with Gasteiger partial charge in [-0.1, -0.05) is 6.07 Å². The van der Waals surface area contributed by atoms with Crippen molar-refractivity contribution in [2.75, 3.05) is 33.2 Å². The zero-order valence-electron chi connectivity index (χ0n) is 15.1. The third-order valence-electron chi connectivity index (χ3n) is 5.45. The van der Waals surface area contributed by atoms with E-state index in [0.29, 0.717) is 24.9 Å². The van der Waals surface area contributed by atoms with Gasteiger partial charge in [0, 0.05) is 43.7 Å². The molecule has 3 atom stereocenters. The largest absolute Gasteiger partial charge is 0.344 e. The first-order chi connectivity index (χ1) is 12.5. The monoisotopic (exact) mass is 357 g/mol. The molecule has 2 bridgehead atoms. The Hall–Kier alpha value is -2.46. The Kier molecular flexibility index (Phi) is 5.52. The molecule has 2 aliphatic rings. The van der Waals surface area contributed by atoms with Crippen LogP contribution in [0.3, 0.4) is 0 Å². The number of likely N-dealkylation sites (tertiary alicyclic amines) is 1. The lowest BCUT2D eigenvalue weighted by Gasteiger charge is -2.40. The number of hydrogen-bond acceptors (Lipinski definition) is 4. The number of nitriles is 1. The van der Waals surface area contributed by atoms with Gasteiger partial charge in [0.05, 0.1) is 32.0 Å². The molecule has 7 heteroatoms. The first-order valence-corrected chi connectivity index (χ1v) is 9.14. The number of Topliss-reactive ketones (excluding diaryl/α,β-unsaturated/α-hetero) is 1. The van der Waals surface area contributed by atoms with Crippen LogP contribution in [-0.4, -0.2) is 54.4 Å². The Labute approximate surface area is 152 Å². The van der Waals surface area contributed by atoms with E-state index >= 15 is 0 Å². The summed E-state index contributed by atoms with van der Waals surface area (Å²) in [5.41, 5.74) is 1.13. The van der Waals surface area contributed by atoms with Gasteiger partial charge in [0.2, 0.25) is 5.91 Å². The number of piperidine rings is 1. The number of nitrogens with one attached hydrogen (secondary N) is 1. The van der Waals surface area contributed by atoms with Crippen LogP contribution in [0.1, 0.15) is 30.9 Å². The highest BCUT2D eigenvalue weighted by molar-refractivity contribution is 5.98. The summed E-state index contributed by atoms with van der Waals surface area (Å²) in [6, 6.07) is 7.43. The van der Waals surface area contributed by atoms with Crippen molar-refractivity contribution in [3.63, 3.8) is 0 Å². The molecule has 0 spiro atoms. The Morgan fingerprint density at radius 2 is 2.19 bits per heavy atom. The van der Waals surface area contributed by atoms with Gasteiger partial charge in [-0.15, -0.1) is 0 Å². The van der Waals surface area contributed by atoms with Crippen molar-refractivity contribution in [1.29, 1.82) is 5.26 Å². The van der Waals surface area contributed by atoms with Gasteiger partial charge in [-0.25, -0.2) is 0 Å². The number of fused-ring (bicyclic) bond motifs is 4. The lowest BCUT2D eigenvalue weighted by Crippen LogP contribution is -3.15. The minimum Gasteiger partial charge on any atom is -0.344 e. The van der Waals surface area contributed by atoms with Gasteiger partial charge in [-0.2, -0.15) is 5.26 Å². The highest BCUT2D eigenvalue weighted by atomic mass is 16.2. The van der Waals surface area contributed by atoms with Gasteiger partial charge >= 0.3 is 0 Å². The Balaban J connectivity index is 1.58. The fourth-order valence-corrected chi connectivity index (χ4v) is 4.25. The number of nitrogens with zero attached hydrogens (tertiary/aromatic N) is 3. The quantitative estimate of drug-likeness (QED) is 0.674. The summed E-state index contributed by atoms with van der Waals surface area (Å²) in [7, 11) is 1.62. The number of quaternary nitrogens is 1. The highest BCUT2D eigenvalue weighted by Gasteiger charge is 2.37. The molecule has 1 amide bonds. The zero-order valence-corrected chi connectivity index (χ0v) is 15.1. The topological polar surface area (TPSA) is 87.6 Å². The van der Waals surface area contributed by atoms with Crippen LogP contribution < -0.4 is 10.5 Å². The maximum atomic E-state index is 12.3. The normalized spacial score (nSPS) is 23.6. The molecule has 3 heterocycles. The average Bonchev–Trinajstić information content (AvgIpc) is 2.60. The minimum absolute atomic E-state index is 0.0563. The van der Waals surface area contributed by atoms with E-state index in [1.165, 1.54) is 9.80 Å². The van der Waals surface area contributed by atoms with Gasteiger partial charge in [0.25, 0.3) is 5.56 Å². The van der Waals surface area contributed by atoms with Crippen molar-refractivity contribution in [3.8, 4) is 6.07 Å². The first-order valence-electron chi connectivity index (χ1n) is 9.14. The van der Waals surface area contributed by atoms with E-state index in [-0.39, 0.29) is 30.1 Å². The standard InChI is InChI=1S/C19H24N4O3/c1-21(7-3-6-20)19(26)9-16(24)13-22-10-14-8-15(12-22)17-4-2-5-18(25)23(17)11-14/h2,4-5,14-15H,3,7-13H2,1H3/p+1/t14-,15+/m0/s1. The van der Waals surface area contributed by atoms with Crippen molar-refractivity contribution < 1.29 is 14.5 Å². The van der Waals surface area contributed by atoms with Gasteiger partial charge in [0.15, 0.2) is 5.78 Å². The summed E-state index contributed by atoms with van der Waals surface area (Å²) in [6.45, 7) is 3.11. The van der Waals surface area contributed by atoms with Crippen molar-refractivity contribution in [2.45, 2.75) is 31.7 Å². The van der Waals surface area contributed by atoms with Gasteiger partial charge in [-0.05, 0) is 12.5 Å². The molecule has 26 heavy (non-hydrogen) atoms. The predicted molar refractivity (Wildman–Crippen MR) is 94.6 cm³/mol. The van der Waals surface area contributed by atoms with Gasteiger partial charge in [-0.3, -0.25) is 14.4 Å². The molecular formula is C19H25N4O3+. The molecule has 138 valence electrons. The predicted octanol–water partition coefficient (Wildman–Crippen LogP) is -0.818. The molecule has 7 nitrogen and oxygen atoms in total. The second kappa shape index (κ2) is 7.83. The van der Waals surface area contributed by atoms with Crippen LogP contribution in [0.2, 0.25) is 0 Å². The highest BCUT2D eigenvalue weighted by Crippen LogP contribution is 2.29. The van der Waals surface area contributed by atoms with Crippen molar-refractivity contribution >= 4 is 11.7 Å². The summed E-state index contributed by atoms with van der Waals surface area (Å²) in [4.78, 5) is 39.1. The third-order valence-corrected chi connectivity index (χ3v) is 5.45. The molecule has 3 rings (SSSR count). The average molecular weight is 357 g/mol. The lowest BCUT2D eigenvalue weighted by atomic mass is 9.83. The van der Waals surface area contributed by atoms with Crippen molar-refractivity contribution in [2.24, 2.45) is 5.92 Å². The Morgan fingerprint density at radius 3 is 2.96 bits per heavy atom. The molecule has 0 radical (unpaired) electrons. The smallest absolute Gasteiger partial charge is 0.250 e. The molecule has 1 aromatic heterocycles. The number of ketones is 1. The molecule has 0 aliphatic carbocycles. The van der Waals surface area contributed by atoms with Crippen molar-refractivity contribution in [1.82, 2.24) is 9.47 Å². The van der Waals surface area contributed by atoms with E-state index in [4.69, 9.17) is 5.26 Å². The van der Waals surface area contributed by atoms with E-state index in [1.807, 2.05) is 22.8 Å². The molecule has 0 saturated carbocycles. The number of pyridine rings is 1. The molecule has 2 aliphatic heterocycles. The lowest BCUT2D eigenvalue weighted by molar-refractivity contribution is -0.903. The molecule has 1 unspecified atom stereocenters. The van der Waals surface area contributed by atoms with Crippen LogP contribution in [0.4, 0.5) is 0 Å². The molecule has 1 saturated heterocycles. The number of hydrogen-bond donors (Lipinski definition) is 1. The maximum absolute atomic E-state index is 12.3. The van der Waals surface area contributed by atoms with E-state index in [0.717, 1.165) is 31.7 Å². The molecular weight excluding hydrogens is 332 g/mol. The summed E-state index contributed by atoms with van der Waals surface area (Å²) >= 11 is 0. The first kappa shape index (κ1) is 18.3. The fourth-order valence-electron chi connectivity index (χ4n) is 4.25. The minimum atomic E-state index is -0.223. The third kappa shape index (κ3) is 4.02. The summed E-state index contributed by atoms with van der Waals surface area (Å²) in [6.07, 6.45) is 1.24. The fraction of sp³-hybridized carbons (Fsp3) is 0.579. The van der Waals surface area contributed by atoms with E-state index in [1.54, 1.807) is 13.1 Å². The van der Waals surface area contributed by atoms with Crippen LogP contribution >= 0.6 is 0 Å². The number of carbonyl (C=O) groups excluding carboxylic acids is 2. The molecule has 1 N–H and O–H groups in total. The summed E-state index contributed by atoms with van der Waals surface area (Å²) in [5.74, 6) is 0.421. The van der Waals surface area contributed by atoms with Gasteiger partial charge in [0.1, 0.15) is 6.54 Å². The Bertz CT molecular complexity index is 795. The van der Waals surface area contributed by atoms with Crippen LogP contribution in [0.15, 0.2) is 23.0 Å². The number of amides is 1. The number of carbonyl (C=O) groups is 2. The molecule has 1 aromatic rings. The van der Waals surface area contributed by atoms with Crippen LogP contribution in [0.25, 0.3) is 0 Å². The summed E-state index contributed by atoms with van der Waals surface area (Å²) < 4.78 is 1.88. The second-order valence-corrected chi connectivity index (χ2v) is 7.47. The van der Waals surface area contributed by atoms with E-state index < -0.39 is 0 Å². The van der Waals surface area contributed by atoms with Crippen LogP contribution in [0.5, 0.6) is 0 Å². The number of aromatic nitrogens is 1.